The molecule has 3 fully saturated rings. The molecule has 3 saturated heterocycles. The summed E-state index contributed by atoms with van der Waals surface area (Å²) >= 11 is 0. The number of carbonyl (C=O) groups is 2. The third-order valence-corrected chi connectivity index (χ3v) is 10.5. The zero-order valence-electron chi connectivity index (χ0n) is 32.2. The van der Waals surface area contributed by atoms with Gasteiger partial charge in [0.05, 0.1) is 18.8 Å². The van der Waals surface area contributed by atoms with Crippen LogP contribution in [0.1, 0.15) is 90.7 Å². The first-order chi connectivity index (χ1) is 27.2. The molecule has 1 aromatic heterocycles. The number of H-pyrrole nitrogens is 1. The Morgan fingerprint density at radius 2 is 1.40 bits per heavy atom. The van der Waals surface area contributed by atoms with Crippen LogP contribution in [0.5, 0.6) is 0 Å². The third-order valence-electron chi connectivity index (χ3n) is 10.5. The highest BCUT2D eigenvalue weighted by atomic mass is 16.8. The zero-order chi connectivity index (χ0) is 41.8. The molecule has 0 aliphatic carbocycles. The van der Waals surface area contributed by atoms with Crippen LogP contribution in [0, 0.1) is 0 Å². The minimum absolute atomic E-state index is 0.597. The van der Waals surface area contributed by atoms with Gasteiger partial charge in [0.25, 0.3) is 5.56 Å². The molecule has 3 aliphatic rings. The molecule has 324 valence electrons. The van der Waals surface area contributed by atoms with Gasteiger partial charge in [-0.2, -0.15) is 0 Å². The molecular weight excluding hydrogens is 756 g/mol. The number of aromatic nitrogens is 2. The molecule has 0 saturated carbocycles. The van der Waals surface area contributed by atoms with Crippen LogP contribution in [0.25, 0.3) is 0 Å². The van der Waals surface area contributed by atoms with Crippen molar-refractivity contribution in [3.05, 3.63) is 45.3 Å². The molecule has 4 rings (SSSR count). The highest BCUT2D eigenvalue weighted by molar-refractivity contribution is 5.87. The van der Waals surface area contributed by atoms with Gasteiger partial charge in [-0.1, -0.05) is 64.4 Å². The maximum Gasteiger partial charge on any atom is 0.330 e. The number of nitrogens with one attached hydrogen (secondary N) is 3. The lowest BCUT2D eigenvalue weighted by atomic mass is 9.91. The molecule has 0 spiro atoms. The second kappa shape index (κ2) is 22.3. The van der Waals surface area contributed by atoms with Crippen molar-refractivity contribution in [1.29, 1.82) is 0 Å². The van der Waals surface area contributed by atoms with Crippen LogP contribution in [-0.4, -0.2) is 155 Å². The van der Waals surface area contributed by atoms with E-state index in [0.717, 1.165) is 49.4 Å². The summed E-state index contributed by atoms with van der Waals surface area (Å²) in [6.45, 7) is 2.52. The Hall–Kier alpha value is -3.12. The zero-order valence-corrected chi connectivity index (χ0v) is 32.2. The quantitative estimate of drug-likeness (QED) is 0.0470. The third kappa shape index (κ3) is 12.4. The molecular formula is C37H60N4O16. The average molecular weight is 817 g/mol. The lowest BCUT2D eigenvalue weighted by Crippen LogP contribution is -2.68. The predicted octanol–water partition coefficient (Wildman–Crippen LogP) is -2.72. The molecule has 11 N–H and O–H groups in total. The predicted molar refractivity (Wildman–Crippen MR) is 198 cm³/mol. The van der Waals surface area contributed by atoms with Crippen LogP contribution in [0.15, 0.2) is 34.0 Å². The van der Waals surface area contributed by atoms with E-state index >= 15 is 0 Å². The van der Waals surface area contributed by atoms with Gasteiger partial charge in [0.2, 0.25) is 11.8 Å². The molecule has 20 heteroatoms. The SMILES string of the molecule is CCCCCCCCCCC/C=C/C(=O)N[C@@H]1[C@@H](O[C@@H]2O[C@H](CO)[C@@H](O)[C@H](O)[C@H]2NC(C)=O)O[C@@H](CC(O)[C@H]2O[C@@H](n3ccc(=O)[nH]c3=O)[C@H](O)[C@@H]2O)[C@@H](O)[C@H]1O. The van der Waals surface area contributed by atoms with Gasteiger partial charge in [-0.3, -0.25) is 23.9 Å². The van der Waals surface area contributed by atoms with Crippen molar-refractivity contribution in [3.63, 3.8) is 0 Å². The Morgan fingerprint density at radius 1 is 0.825 bits per heavy atom. The molecule has 1 aromatic rings. The number of hydrogen-bond donors (Lipinski definition) is 11. The summed E-state index contributed by atoms with van der Waals surface area (Å²) in [7, 11) is 0. The van der Waals surface area contributed by atoms with E-state index in [2.05, 4.69) is 17.6 Å². The van der Waals surface area contributed by atoms with Crippen LogP contribution in [0.2, 0.25) is 0 Å². The van der Waals surface area contributed by atoms with Crippen LogP contribution in [-0.2, 0) is 28.5 Å². The first-order valence-corrected chi connectivity index (χ1v) is 19.7. The van der Waals surface area contributed by atoms with Gasteiger partial charge < -0.3 is 70.4 Å². The Balaban J connectivity index is 1.48. The Labute approximate surface area is 329 Å². The molecule has 15 atom stereocenters. The van der Waals surface area contributed by atoms with E-state index in [1.807, 2.05) is 4.98 Å². The van der Waals surface area contributed by atoms with Crippen LogP contribution in [0.3, 0.4) is 0 Å². The first kappa shape index (κ1) is 46.6. The smallest absolute Gasteiger partial charge is 0.330 e. The molecule has 0 bridgehead atoms. The van der Waals surface area contributed by atoms with Gasteiger partial charge in [-0.05, 0) is 18.9 Å². The fourth-order valence-corrected chi connectivity index (χ4v) is 7.32. The van der Waals surface area contributed by atoms with Crippen molar-refractivity contribution >= 4 is 11.8 Å². The summed E-state index contributed by atoms with van der Waals surface area (Å²) in [4.78, 5) is 51.0. The summed E-state index contributed by atoms with van der Waals surface area (Å²) in [5.41, 5.74) is -1.68. The number of aromatic amines is 1. The van der Waals surface area contributed by atoms with Crippen molar-refractivity contribution in [2.45, 2.75) is 176 Å². The van der Waals surface area contributed by atoms with Gasteiger partial charge in [-0.15, -0.1) is 0 Å². The fourth-order valence-electron chi connectivity index (χ4n) is 7.32. The summed E-state index contributed by atoms with van der Waals surface area (Å²) in [6.07, 6.45) is -7.70. The maximum atomic E-state index is 13.1. The largest absolute Gasteiger partial charge is 0.394 e. The highest BCUT2D eigenvalue weighted by Gasteiger charge is 2.53. The summed E-state index contributed by atoms with van der Waals surface area (Å²) in [5, 5.41) is 91.3. The second-order valence-corrected chi connectivity index (χ2v) is 14.9. The number of amides is 2. The van der Waals surface area contributed by atoms with E-state index in [-0.39, 0.29) is 0 Å². The van der Waals surface area contributed by atoms with Crippen LogP contribution < -0.4 is 21.9 Å². The summed E-state index contributed by atoms with van der Waals surface area (Å²) < 4.78 is 24.1. The number of nitrogens with zero attached hydrogens (tertiary/aromatic N) is 1. The van der Waals surface area contributed by atoms with E-state index in [4.69, 9.17) is 18.9 Å². The lowest BCUT2D eigenvalue weighted by molar-refractivity contribution is -0.346. The minimum Gasteiger partial charge on any atom is -0.394 e. The van der Waals surface area contributed by atoms with Crippen molar-refractivity contribution in [3.8, 4) is 0 Å². The fraction of sp³-hybridized carbons (Fsp3) is 0.784. The number of aliphatic hydroxyl groups is 8. The van der Waals surface area contributed by atoms with Crippen LogP contribution in [0.4, 0.5) is 0 Å². The van der Waals surface area contributed by atoms with Crippen molar-refractivity contribution in [2.24, 2.45) is 0 Å². The number of hydrogen-bond acceptors (Lipinski definition) is 16. The molecule has 2 amide bonds. The van der Waals surface area contributed by atoms with Gasteiger partial charge in [0, 0.05) is 25.6 Å². The number of carbonyl (C=O) groups excluding carboxylic acids is 2. The van der Waals surface area contributed by atoms with Crippen LogP contribution >= 0.6 is 0 Å². The van der Waals surface area contributed by atoms with E-state index in [1.54, 1.807) is 6.08 Å². The number of rotatable bonds is 20. The van der Waals surface area contributed by atoms with Gasteiger partial charge in [0.1, 0.15) is 60.9 Å². The first-order valence-electron chi connectivity index (χ1n) is 19.7. The summed E-state index contributed by atoms with van der Waals surface area (Å²) in [5.74, 6) is -1.35. The monoisotopic (exact) mass is 816 g/mol. The normalized spacial score (nSPS) is 35.0. The van der Waals surface area contributed by atoms with Gasteiger partial charge in [0.15, 0.2) is 18.8 Å². The molecule has 20 nitrogen and oxygen atoms in total. The van der Waals surface area contributed by atoms with E-state index in [1.165, 1.54) is 38.2 Å². The number of ether oxygens (including phenoxy) is 4. The number of unbranched alkanes of at least 4 members (excludes halogenated alkanes) is 9. The molecule has 1 unspecified atom stereocenters. The van der Waals surface area contributed by atoms with E-state index in [9.17, 15) is 60.0 Å². The topological polar surface area (TPSA) is 312 Å². The van der Waals surface area contributed by atoms with Crippen molar-refractivity contribution in [1.82, 2.24) is 20.2 Å². The Kier molecular flexibility index (Phi) is 18.2. The van der Waals surface area contributed by atoms with E-state index < -0.39 is 128 Å². The lowest BCUT2D eigenvalue weighted by Gasteiger charge is -2.47. The standard InChI is InChI=1S/C37H60N4O16/c1-3-4-5-6-7-8-9-10-11-12-13-14-23(45)39-26-30(50)27(47)21(54-36(26)57-35-25(38-19(2)43)29(49)28(48)22(18-42)55-35)17-20(44)33-31(51)32(52)34(56-33)41-16-15-24(46)40-37(41)53/h13-16,20-22,25-36,42,44,47-52H,3-12,17-18H2,1-2H3,(H,38,43)(H,39,45)(H,40,46,53)/b14-13+/t20?,21-,22+,25+,26-,27+,28+,29+,30-,31-,32+,33+,34+,35-,36+/m0/s1. The Morgan fingerprint density at radius 3 is 2.00 bits per heavy atom. The molecule has 3 aliphatic heterocycles. The van der Waals surface area contributed by atoms with Gasteiger partial charge in [-0.25, -0.2) is 4.79 Å². The number of aliphatic hydroxyl groups excluding tert-OH is 8. The van der Waals surface area contributed by atoms with E-state index in [0.29, 0.717) is 6.42 Å². The highest BCUT2D eigenvalue weighted by Crippen LogP contribution is 2.34. The number of allylic oxidation sites excluding steroid dienone is 1. The molecule has 57 heavy (non-hydrogen) atoms. The van der Waals surface area contributed by atoms with Crippen molar-refractivity contribution in [2.75, 3.05) is 6.61 Å². The van der Waals surface area contributed by atoms with Gasteiger partial charge >= 0.3 is 5.69 Å². The second-order valence-electron chi connectivity index (χ2n) is 14.9. The average Bonchev–Trinajstić information content (AvgIpc) is 3.46. The molecule has 4 heterocycles. The minimum atomic E-state index is -1.85. The molecule has 0 aromatic carbocycles. The van der Waals surface area contributed by atoms with Crippen molar-refractivity contribution < 1.29 is 69.4 Å². The molecule has 0 radical (unpaired) electrons. The maximum absolute atomic E-state index is 13.1. The Bertz CT molecular complexity index is 1560. The summed E-state index contributed by atoms with van der Waals surface area (Å²) in [6, 6.07) is -2.01.